The summed E-state index contributed by atoms with van der Waals surface area (Å²) in [4.78, 5) is 30.7. The van der Waals surface area contributed by atoms with Crippen LogP contribution in [-0.2, 0) is 11.3 Å². The maximum absolute atomic E-state index is 13.3. The molecule has 1 aliphatic heterocycles. The van der Waals surface area contributed by atoms with E-state index in [0.717, 1.165) is 47.5 Å². The molecule has 7 nitrogen and oxygen atoms in total. The lowest BCUT2D eigenvalue weighted by Crippen LogP contribution is -2.43. The number of carbonyl (C=O) groups is 1. The van der Waals surface area contributed by atoms with E-state index in [-0.39, 0.29) is 23.9 Å². The highest BCUT2D eigenvalue weighted by molar-refractivity contribution is 5.78. The predicted molar refractivity (Wildman–Crippen MR) is 130 cm³/mol. The first kappa shape index (κ1) is 22.9. The monoisotopic (exact) mass is 444 g/mol. The number of hydrogen-bond acceptors (Lipinski definition) is 6. The summed E-state index contributed by atoms with van der Waals surface area (Å²) in [5.74, 6) is 0.413. The molecule has 2 aromatic heterocycles. The quantitative estimate of drug-likeness (QED) is 0.593. The molecule has 0 saturated carbocycles. The van der Waals surface area contributed by atoms with E-state index in [2.05, 4.69) is 46.9 Å². The number of hydrogen-bond donors (Lipinski definition) is 1. The molecule has 1 amide bonds. The molecule has 1 aliphatic rings. The van der Waals surface area contributed by atoms with Crippen molar-refractivity contribution in [2.45, 2.75) is 52.2 Å². The van der Waals surface area contributed by atoms with E-state index >= 15 is 0 Å². The van der Waals surface area contributed by atoms with E-state index in [1.807, 2.05) is 36.1 Å². The Morgan fingerprint density at radius 1 is 1.15 bits per heavy atom. The number of benzene rings is 1. The first-order valence-corrected chi connectivity index (χ1v) is 11.5. The molecule has 0 spiro atoms. The molecular formula is C26H32N6O. The van der Waals surface area contributed by atoms with Crippen LogP contribution in [0.2, 0.25) is 0 Å². The lowest BCUT2D eigenvalue weighted by molar-refractivity contribution is -0.135. The number of aryl methyl sites for hydroxylation is 1. The lowest BCUT2D eigenvalue weighted by Gasteiger charge is -2.31. The molecular weight excluding hydrogens is 412 g/mol. The Balaban J connectivity index is 1.52. The van der Waals surface area contributed by atoms with Crippen LogP contribution in [0.3, 0.4) is 0 Å². The van der Waals surface area contributed by atoms with Crippen molar-refractivity contribution in [3.8, 4) is 11.1 Å². The second kappa shape index (κ2) is 10.1. The Morgan fingerprint density at radius 2 is 1.88 bits per heavy atom. The van der Waals surface area contributed by atoms with Crippen LogP contribution < -0.4 is 5.73 Å². The smallest absolute Gasteiger partial charge is 0.237 e. The van der Waals surface area contributed by atoms with Crippen LogP contribution in [0.15, 0.2) is 54.9 Å². The summed E-state index contributed by atoms with van der Waals surface area (Å²) in [6, 6.07) is 14.5. The molecule has 7 heteroatoms. The zero-order chi connectivity index (χ0) is 23.4. The Hall–Kier alpha value is -3.32. The van der Waals surface area contributed by atoms with Crippen molar-refractivity contribution < 1.29 is 4.79 Å². The van der Waals surface area contributed by atoms with Crippen LogP contribution in [0.1, 0.15) is 49.7 Å². The summed E-state index contributed by atoms with van der Waals surface area (Å²) in [6.45, 7) is 8.06. The highest BCUT2D eigenvalue weighted by Crippen LogP contribution is 2.33. The van der Waals surface area contributed by atoms with Crippen LogP contribution in [0.4, 0.5) is 5.95 Å². The largest absolute Gasteiger partial charge is 0.368 e. The number of nitrogen functional groups attached to an aromatic ring is 1. The Kier molecular flexibility index (Phi) is 6.99. The zero-order valence-corrected chi connectivity index (χ0v) is 19.6. The number of likely N-dealkylation sites (tertiary alicyclic amines) is 1. The van der Waals surface area contributed by atoms with Gasteiger partial charge in [0.15, 0.2) is 0 Å². The van der Waals surface area contributed by atoms with Gasteiger partial charge in [-0.2, -0.15) is 0 Å². The second-order valence-corrected chi connectivity index (χ2v) is 8.98. The minimum atomic E-state index is 0.119. The summed E-state index contributed by atoms with van der Waals surface area (Å²) >= 11 is 0. The van der Waals surface area contributed by atoms with Gasteiger partial charge in [0.05, 0.1) is 18.3 Å². The predicted octanol–water partition coefficient (Wildman–Crippen LogP) is 4.00. The number of amides is 1. The fourth-order valence-electron chi connectivity index (χ4n) is 4.47. The normalized spacial score (nSPS) is 16.3. The molecule has 0 aliphatic carbocycles. The van der Waals surface area contributed by atoms with Gasteiger partial charge in [-0.25, -0.2) is 9.97 Å². The van der Waals surface area contributed by atoms with Crippen LogP contribution in [-0.4, -0.2) is 49.8 Å². The molecule has 3 aromatic rings. The van der Waals surface area contributed by atoms with Crippen LogP contribution in [0, 0.1) is 6.92 Å². The first-order chi connectivity index (χ1) is 15.9. The molecule has 3 heterocycles. The lowest BCUT2D eigenvalue weighted by atomic mass is 10.0. The average Bonchev–Trinajstić information content (AvgIpc) is 3.26. The van der Waals surface area contributed by atoms with Gasteiger partial charge in [0.25, 0.3) is 0 Å². The number of pyridine rings is 1. The molecule has 0 radical (unpaired) electrons. The van der Waals surface area contributed by atoms with Gasteiger partial charge in [-0.1, -0.05) is 30.3 Å². The molecule has 1 saturated heterocycles. The molecule has 33 heavy (non-hydrogen) atoms. The van der Waals surface area contributed by atoms with E-state index in [4.69, 9.17) is 10.7 Å². The summed E-state index contributed by atoms with van der Waals surface area (Å²) < 4.78 is 0. The van der Waals surface area contributed by atoms with Crippen molar-refractivity contribution in [2.75, 3.05) is 18.8 Å². The third-order valence-electron chi connectivity index (χ3n) is 6.16. The molecule has 4 rings (SSSR count). The van der Waals surface area contributed by atoms with Gasteiger partial charge in [-0.15, -0.1) is 0 Å². The number of carbonyl (C=O) groups excluding carboxylic acids is 1. The Morgan fingerprint density at radius 3 is 2.58 bits per heavy atom. The van der Waals surface area contributed by atoms with Crippen molar-refractivity contribution in [3.05, 3.63) is 71.8 Å². The molecule has 1 aromatic carbocycles. The van der Waals surface area contributed by atoms with Crippen LogP contribution in [0.25, 0.3) is 11.1 Å². The topological polar surface area (TPSA) is 88.2 Å². The van der Waals surface area contributed by atoms with Gasteiger partial charge >= 0.3 is 0 Å². The standard InChI is InChI=1S/C26H32N6O/c1-18(2)32(16-20-8-5-4-6-9-20)25(33)17-31-11-7-10-24(31)23-13-21(12-19(3)30-23)22-14-28-26(27)29-15-22/h4-6,8-9,12-15,18,24H,7,10-11,16-17H2,1-3H3,(H2,27,28,29). The maximum Gasteiger partial charge on any atom is 0.237 e. The van der Waals surface area contributed by atoms with E-state index in [0.29, 0.717) is 13.1 Å². The highest BCUT2D eigenvalue weighted by Gasteiger charge is 2.31. The highest BCUT2D eigenvalue weighted by atomic mass is 16.2. The summed E-state index contributed by atoms with van der Waals surface area (Å²) in [7, 11) is 0. The maximum atomic E-state index is 13.3. The number of anilines is 1. The van der Waals surface area contributed by atoms with E-state index in [1.54, 1.807) is 12.4 Å². The third kappa shape index (κ3) is 5.54. The number of rotatable bonds is 7. The van der Waals surface area contributed by atoms with Crippen LogP contribution in [0.5, 0.6) is 0 Å². The second-order valence-electron chi connectivity index (χ2n) is 8.98. The van der Waals surface area contributed by atoms with Gasteiger partial charge < -0.3 is 10.6 Å². The number of nitrogens with zero attached hydrogens (tertiary/aromatic N) is 5. The molecule has 172 valence electrons. The Labute approximate surface area is 195 Å². The molecule has 1 unspecified atom stereocenters. The van der Waals surface area contributed by atoms with Crippen molar-refractivity contribution in [1.29, 1.82) is 0 Å². The minimum Gasteiger partial charge on any atom is -0.368 e. The number of aromatic nitrogens is 3. The van der Waals surface area contributed by atoms with Gasteiger partial charge in [-0.3, -0.25) is 14.7 Å². The van der Waals surface area contributed by atoms with Gasteiger partial charge in [0.1, 0.15) is 0 Å². The number of nitrogens with two attached hydrogens (primary N) is 1. The van der Waals surface area contributed by atoms with Crippen molar-refractivity contribution in [3.63, 3.8) is 0 Å². The first-order valence-electron chi connectivity index (χ1n) is 11.5. The third-order valence-corrected chi connectivity index (χ3v) is 6.16. The molecule has 1 atom stereocenters. The van der Waals surface area contributed by atoms with E-state index in [9.17, 15) is 4.79 Å². The SMILES string of the molecule is Cc1cc(-c2cnc(N)nc2)cc(C2CCCN2CC(=O)N(Cc2ccccc2)C(C)C)n1. The zero-order valence-electron chi connectivity index (χ0n) is 19.6. The average molecular weight is 445 g/mol. The van der Waals surface area contributed by atoms with Gasteiger partial charge in [-0.05, 0) is 63.4 Å². The van der Waals surface area contributed by atoms with Gasteiger partial charge in [0, 0.05) is 36.2 Å². The molecule has 1 fully saturated rings. The summed E-state index contributed by atoms with van der Waals surface area (Å²) in [6.07, 6.45) is 5.51. The Bertz CT molecular complexity index is 1080. The van der Waals surface area contributed by atoms with Crippen LogP contribution >= 0.6 is 0 Å². The fourth-order valence-corrected chi connectivity index (χ4v) is 4.47. The summed E-state index contributed by atoms with van der Waals surface area (Å²) in [5, 5.41) is 0. The molecule has 0 bridgehead atoms. The van der Waals surface area contributed by atoms with E-state index in [1.165, 1.54) is 0 Å². The molecule has 2 N–H and O–H groups in total. The van der Waals surface area contributed by atoms with Crippen molar-refractivity contribution in [2.24, 2.45) is 0 Å². The van der Waals surface area contributed by atoms with Gasteiger partial charge in [0.2, 0.25) is 11.9 Å². The minimum absolute atomic E-state index is 0.119. The fraction of sp³-hybridized carbons (Fsp3) is 0.385. The van der Waals surface area contributed by atoms with Crippen molar-refractivity contribution in [1.82, 2.24) is 24.8 Å². The van der Waals surface area contributed by atoms with Crippen molar-refractivity contribution >= 4 is 11.9 Å². The van der Waals surface area contributed by atoms with E-state index < -0.39 is 0 Å². The summed E-state index contributed by atoms with van der Waals surface area (Å²) in [5.41, 5.74) is 10.6.